The second kappa shape index (κ2) is 1.18. The Kier molecular flexibility index (Phi) is 0.685. The molecule has 0 aliphatic carbocycles. The summed E-state index contributed by atoms with van der Waals surface area (Å²) in [6.45, 7) is 0. The maximum Gasteiger partial charge on any atom is 0.135 e. The van der Waals surface area contributed by atoms with Crippen molar-refractivity contribution < 1.29 is 5.11 Å². The summed E-state index contributed by atoms with van der Waals surface area (Å²) in [5.41, 5.74) is 5.16. The standard InChI is InChI=1S/C4H6N2O/c5-4-1-3(7)2-6-4/h1-2,6-7H,5H2. The number of aromatic hydroxyl groups is 1. The number of H-pyrrole nitrogens is 1. The van der Waals surface area contributed by atoms with E-state index in [0.29, 0.717) is 5.82 Å². The predicted octanol–water partition coefficient (Wildman–Crippen LogP) is 0.302. The van der Waals surface area contributed by atoms with Crippen LogP contribution in [0.2, 0.25) is 0 Å². The molecule has 0 saturated carbocycles. The average molecular weight is 98.1 g/mol. The zero-order valence-electron chi connectivity index (χ0n) is 3.68. The molecule has 0 saturated heterocycles. The molecule has 0 aliphatic rings. The summed E-state index contributed by atoms with van der Waals surface area (Å²) >= 11 is 0. The number of nitrogens with two attached hydrogens (primary N) is 1. The molecular formula is C4H6N2O. The molecule has 0 bridgehead atoms. The summed E-state index contributed by atoms with van der Waals surface area (Å²) in [6, 6.07) is 1.44. The van der Waals surface area contributed by atoms with Crippen molar-refractivity contribution in [2.45, 2.75) is 0 Å². The van der Waals surface area contributed by atoms with Crippen molar-refractivity contribution in [3.05, 3.63) is 12.3 Å². The maximum atomic E-state index is 8.54. The fourth-order valence-corrected chi connectivity index (χ4v) is 0.400. The van der Waals surface area contributed by atoms with Crippen LogP contribution < -0.4 is 5.73 Å². The third-order valence-corrected chi connectivity index (χ3v) is 0.690. The maximum absolute atomic E-state index is 8.54. The third kappa shape index (κ3) is 0.652. The van der Waals surface area contributed by atoms with E-state index in [1.54, 1.807) is 0 Å². The van der Waals surface area contributed by atoms with Crippen molar-refractivity contribution in [3.63, 3.8) is 0 Å². The van der Waals surface area contributed by atoms with Gasteiger partial charge in [-0.3, -0.25) is 0 Å². The van der Waals surface area contributed by atoms with E-state index in [1.807, 2.05) is 0 Å². The van der Waals surface area contributed by atoms with Gasteiger partial charge in [0.05, 0.1) is 0 Å². The van der Waals surface area contributed by atoms with E-state index in [0.717, 1.165) is 0 Å². The molecule has 1 aromatic rings. The van der Waals surface area contributed by atoms with Crippen LogP contribution in [0.3, 0.4) is 0 Å². The van der Waals surface area contributed by atoms with Crippen LogP contribution in [0, 0.1) is 0 Å². The van der Waals surface area contributed by atoms with Crippen LogP contribution in [0.15, 0.2) is 12.3 Å². The molecule has 0 fully saturated rings. The number of hydrogen-bond donors (Lipinski definition) is 3. The van der Waals surface area contributed by atoms with E-state index >= 15 is 0 Å². The van der Waals surface area contributed by atoms with E-state index < -0.39 is 0 Å². The van der Waals surface area contributed by atoms with Crippen LogP contribution in [-0.4, -0.2) is 10.1 Å². The first-order chi connectivity index (χ1) is 3.29. The van der Waals surface area contributed by atoms with Crippen molar-refractivity contribution in [2.75, 3.05) is 5.73 Å². The molecule has 1 rings (SSSR count). The van der Waals surface area contributed by atoms with Crippen LogP contribution >= 0.6 is 0 Å². The highest BCUT2D eigenvalue weighted by atomic mass is 16.3. The molecule has 1 aromatic heterocycles. The largest absolute Gasteiger partial charge is 0.506 e. The Labute approximate surface area is 40.8 Å². The van der Waals surface area contributed by atoms with Crippen LogP contribution in [-0.2, 0) is 0 Å². The van der Waals surface area contributed by atoms with Gasteiger partial charge in [0.2, 0.25) is 0 Å². The van der Waals surface area contributed by atoms with E-state index in [-0.39, 0.29) is 5.75 Å². The van der Waals surface area contributed by atoms with Gasteiger partial charge in [-0.2, -0.15) is 0 Å². The molecule has 0 unspecified atom stereocenters. The van der Waals surface area contributed by atoms with Crippen LogP contribution in [0.1, 0.15) is 0 Å². The topological polar surface area (TPSA) is 62.0 Å². The number of aromatic amines is 1. The van der Waals surface area contributed by atoms with Gasteiger partial charge in [-0.25, -0.2) is 0 Å². The molecule has 0 aromatic carbocycles. The summed E-state index contributed by atoms with van der Waals surface area (Å²) in [7, 11) is 0. The minimum absolute atomic E-state index is 0.178. The molecule has 1 heterocycles. The lowest BCUT2D eigenvalue weighted by Crippen LogP contribution is -1.79. The van der Waals surface area contributed by atoms with E-state index in [4.69, 9.17) is 10.8 Å². The highest BCUT2D eigenvalue weighted by molar-refractivity contribution is 5.36. The molecule has 0 aliphatic heterocycles. The van der Waals surface area contributed by atoms with Gasteiger partial charge in [-0.15, -0.1) is 0 Å². The molecule has 3 nitrogen and oxygen atoms in total. The first-order valence-corrected chi connectivity index (χ1v) is 1.92. The molecule has 4 N–H and O–H groups in total. The van der Waals surface area contributed by atoms with Crippen LogP contribution in [0.5, 0.6) is 5.75 Å². The number of hydrogen-bond acceptors (Lipinski definition) is 2. The fraction of sp³-hybridized carbons (Fsp3) is 0. The summed E-state index contributed by atoms with van der Waals surface area (Å²) in [5.74, 6) is 0.662. The molecule has 0 spiro atoms. The molecule has 0 amide bonds. The second-order valence-electron chi connectivity index (χ2n) is 1.31. The normalized spacial score (nSPS) is 9.14. The zero-order valence-corrected chi connectivity index (χ0v) is 3.68. The summed E-state index contributed by atoms with van der Waals surface area (Å²) in [4.78, 5) is 2.60. The van der Waals surface area contributed by atoms with Crippen molar-refractivity contribution in [1.82, 2.24) is 4.98 Å². The lowest BCUT2D eigenvalue weighted by molar-refractivity contribution is 0.476. The molecule has 7 heavy (non-hydrogen) atoms. The number of nitrogens with one attached hydrogen (secondary N) is 1. The van der Waals surface area contributed by atoms with Gasteiger partial charge in [0.1, 0.15) is 11.6 Å². The number of nitrogen functional groups attached to an aromatic ring is 1. The van der Waals surface area contributed by atoms with Gasteiger partial charge < -0.3 is 15.8 Å². The molecular weight excluding hydrogens is 92.1 g/mol. The van der Waals surface area contributed by atoms with Crippen LogP contribution in [0.4, 0.5) is 5.82 Å². The zero-order chi connectivity index (χ0) is 5.28. The molecule has 3 heteroatoms. The Morgan fingerprint density at radius 1 is 1.71 bits per heavy atom. The minimum Gasteiger partial charge on any atom is -0.506 e. The van der Waals surface area contributed by atoms with E-state index in [9.17, 15) is 0 Å². The molecule has 0 radical (unpaired) electrons. The lowest BCUT2D eigenvalue weighted by atomic mass is 10.6. The Balaban J connectivity index is 3.04. The number of rotatable bonds is 0. The molecule has 0 atom stereocenters. The van der Waals surface area contributed by atoms with Crippen molar-refractivity contribution in [3.8, 4) is 5.75 Å². The lowest BCUT2D eigenvalue weighted by Gasteiger charge is -1.73. The first-order valence-electron chi connectivity index (χ1n) is 1.92. The number of anilines is 1. The highest BCUT2D eigenvalue weighted by Crippen LogP contribution is 2.09. The van der Waals surface area contributed by atoms with Gasteiger partial charge in [0.25, 0.3) is 0 Å². The van der Waals surface area contributed by atoms with Gasteiger partial charge in [-0.1, -0.05) is 0 Å². The minimum atomic E-state index is 0.178. The quantitative estimate of drug-likeness (QED) is 0.437. The third-order valence-electron chi connectivity index (χ3n) is 0.690. The summed E-state index contributed by atoms with van der Waals surface area (Å²) < 4.78 is 0. The van der Waals surface area contributed by atoms with E-state index in [2.05, 4.69) is 4.98 Å². The second-order valence-corrected chi connectivity index (χ2v) is 1.31. The van der Waals surface area contributed by atoms with Gasteiger partial charge >= 0.3 is 0 Å². The predicted molar refractivity (Wildman–Crippen MR) is 26.9 cm³/mol. The SMILES string of the molecule is Nc1cc(O)c[nH]1. The highest BCUT2D eigenvalue weighted by Gasteiger charge is 1.86. The monoisotopic (exact) mass is 98.0 g/mol. The first kappa shape index (κ1) is 4.05. The summed E-state index contributed by atoms with van der Waals surface area (Å²) in [6.07, 6.45) is 1.43. The van der Waals surface area contributed by atoms with E-state index in [1.165, 1.54) is 12.3 Å². The van der Waals surface area contributed by atoms with Crippen molar-refractivity contribution in [2.24, 2.45) is 0 Å². The Hall–Kier alpha value is -1.12. The Morgan fingerprint density at radius 3 is 2.57 bits per heavy atom. The molecule has 38 valence electrons. The smallest absolute Gasteiger partial charge is 0.135 e. The fourth-order valence-electron chi connectivity index (χ4n) is 0.400. The van der Waals surface area contributed by atoms with Gasteiger partial charge in [-0.05, 0) is 0 Å². The van der Waals surface area contributed by atoms with Crippen molar-refractivity contribution in [1.29, 1.82) is 0 Å². The Bertz CT molecular complexity index is 142. The van der Waals surface area contributed by atoms with Gasteiger partial charge in [0.15, 0.2) is 0 Å². The Morgan fingerprint density at radius 2 is 2.43 bits per heavy atom. The van der Waals surface area contributed by atoms with Crippen LogP contribution in [0.25, 0.3) is 0 Å². The number of aromatic nitrogens is 1. The van der Waals surface area contributed by atoms with Gasteiger partial charge in [0, 0.05) is 12.3 Å². The van der Waals surface area contributed by atoms with Crippen molar-refractivity contribution >= 4 is 5.82 Å². The summed E-state index contributed by atoms with van der Waals surface area (Å²) in [5, 5.41) is 8.54. The average Bonchev–Trinajstić information content (AvgIpc) is 1.87.